The number of rotatable bonds is 3. The standard InChI is InChI=1S/C11H14BrN5O/c1-6(8-5-17(3)16-7(8)2)14-11(18)10-9(12)4-13-15-10/h4-6H,1-3H3,(H,13,15)(H,14,18). The molecule has 0 aliphatic carbocycles. The third kappa shape index (κ3) is 2.45. The third-order valence-corrected chi connectivity index (χ3v) is 3.29. The highest BCUT2D eigenvalue weighted by molar-refractivity contribution is 9.10. The molecular formula is C11H14BrN5O. The molecule has 1 atom stereocenters. The van der Waals surface area contributed by atoms with E-state index in [4.69, 9.17) is 0 Å². The molecule has 0 aliphatic heterocycles. The molecule has 2 heterocycles. The first-order valence-electron chi connectivity index (χ1n) is 5.49. The van der Waals surface area contributed by atoms with E-state index in [9.17, 15) is 4.79 Å². The van der Waals surface area contributed by atoms with E-state index in [2.05, 4.69) is 36.5 Å². The zero-order chi connectivity index (χ0) is 13.3. The fourth-order valence-electron chi connectivity index (χ4n) is 1.82. The highest BCUT2D eigenvalue weighted by atomic mass is 79.9. The Morgan fingerprint density at radius 1 is 1.61 bits per heavy atom. The van der Waals surface area contributed by atoms with Crippen LogP contribution in [-0.4, -0.2) is 25.9 Å². The quantitative estimate of drug-likeness (QED) is 0.906. The van der Waals surface area contributed by atoms with Crippen molar-refractivity contribution in [3.8, 4) is 0 Å². The number of carbonyl (C=O) groups is 1. The Hall–Kier alpha value is -1.63. The molecule has 96 valence electrons. The van der Waals surface area contributed by atoms with E-state index in [0.717, 1.165) is 11.3 Å². The van der Waals surface area contributed by atoms with Gasteiger partial charge in [0.25, 0.3) is 5.91 Å². The van der Waals surface area contributed by atoms with Crippen molar-refractivity contribution >= 4 is 21.8 Å². The van der Waals surface area contributed by atoms with E-state index in [0.29, 0.717) is 10.2 Å². The number of aryl methyl sites for hydroxylation is 2. The SMILES string of the molecule is Cc1nn(C)cc1C(C)NC(=O)c1[nH]ncc1Br. The van der Waals surface area contributed by atoms with Crippen molar-refractivity contribution in [1.82, 2.24) is 25.3 Å². The number of amides is 1. The number of H-pyrrole nitrogens is 1. The zero-order valence-corrected chi connectivity index (χ0v) is 11.9. The maximum absolute atomic E-state index is 12.0. The summed E-state index contributed by atoms with van der Waals surface area (Å²) in [5.41, 5.74) is 2.33. The average Bonchev–Trinajstić information content (AvgIpc) is 2.84. The van der Waals surface area contributed by atoms with Gasteiger partial charge in [0.15, 0.2) is 0 Å². The Balaban J connectivity index is 2.13. The molecule has 0 aliphatic rings. The number of hydrogen-bond donors (Lipinski definition) is 2. The fraction of sp³-hybridized carbons (Fsp3) is 0.364. The lowest BCUT2D eigenvalue weighted by Crippen LogP contribution is -2.27. The lowest BCUT2D eigenvalue weighted by atomic mass is 10.1. The third-order valence-electron chi connectivity index (χ3n) is 2.69. The highest BCUT2D eigenvalue weighted by Gasteiger charge is 2.17. The van der Waals surface area contributed by atoms with Gasteiger partial charge in [0, 0.05) is 18.8 Å². The predicted octanol–water partition coefficient (Wildman–Crippen LogP) is 1.71. The summed E-state index contributed by atoms with van der Waals surface area (Å²) in [5, 5.41) is 13.6. The van der Waals surface area contributed by atoms with Crippen molar-refractivity contribution in [3.05, 3.63) is 33.8 Å². The summed E-state index contributed by atoms with van der Waals surface area (Å²) in [6.45, 7) is 3.84. The normalized spacial score (nSPS) is 12.4. The molecule has 1 amide bonds. The summed E-state index contributed by atoms with van der Waals surface area (Å²) in [6.07, 6.45) is 3.46. The van der Waals surface area contributed by atoms with Crippen LogP contribution in [0.2, 0.25) is 0 Å². The summed E-state index contributed by atoms with van der Waals surface area (Å²) >= 11 is 3.26. The van der Waals surface area contributed by atoms with Crippen molar-refractivity contribution in [3.63, 3.8) is 0 Å². The number of carbonyl (C=O) groups excluding carboxylic acids is 1. The van der Waals surface area contributed by atoms with Crippen LogP contribution in [0, 0.1) is 6.92 Å². The van der Waals surface area contributed by atoms with Crippen molar-refractivity contribution in [1.29, 1.82) is 0 Å². The van der Waals surface area contributed by atoms with Crippen molar-refractivity contribution in [2.24, 2.45) is 7.05 Å². The molecule has 0 radical (unpaired) electrons. The minimum Gasteiger partial charge on any atom is -0.344 e. The molecule has 6 nitrogen and oxygen atoms in total. The number of nitrogens with zero attached hydrogens (tertiary/aromatic N) is 3. The molecule has 0 spiro atoms. The molecule has 0 aromatic carbocycles. The second kappa shape index (κ2) is 4.93. The van der Waals surface area contributed by atoms with Gasteiger partial charge in [-0.2, -0.15) is 10.2 Å². The monoisotopic (exact) mass is 311 g/mol. The molecular weight excluding hydrogens is 298 g/mol. The Kier molecular flexibility index (Phi) is 3.51. The predicted molar refractivity (Wildman–Crippen MR) is 70.1 cm³/mol. The fourth-order valence-corrected chi connectivity index (χ4v) is 2.19. The average molecular weight is 312 g/mol. The summed E-state index contributed by atoms with van der Waals surface area (Å²) in [4.78, 5) is 12.0. The smallest absolute Gasteiger partial charge is 0.270 e. The molecule has 7 heteroatoms. The number of hydrogen-bond acceptors (Lipinski definition) is 3. The number of halogens is 1. The van der Waals surface area contributed by atoms with Gasteiger partial charge in [0.05, 0.1) is 22.4 Å². The van der Waals surface area contributed by atoms with Crippen LogP contribution in [0.1, 0.15) is 34.7 Å². The van der Waals surface area contributed by atoms with Gasteiger partial charge in [-0.15, -0.1) is 0 Å². The van der Waals surface area contributed by atoms with Gasteiger partial charge in [-0.3, -0.25) is 14.6 Å². The van der Waals surface area contributed by atoms with Gasteiger partial charge in [0.2, 0.25) is 0 Å². The second-order valence-corrected chi connectivity index (χ2v) is 4.99. The first kappa shape index (κ1) is 12.8. The highest BCUT2D eigenvalue weighted by Crippen LogP contribution is 2.18. The first-order valence-corrected chi connectivity index (χ1v) is 6.28. The van der Waals surface area contributed by atoms with Gasteiger partial charge in [-0.1, -0.05) is 0 Å². The van der Waals surface area contributed by atoms with Gasteiger partial charge in [-0.25, -0.2) is 0 Å². The van der Waals surface area contributed by atoms with E-state index in [1.54, 1.807) is 10.9 Å². The van der Waals surface area contributed by atoms with Crippen LogP contribution < -0.4 is 5.32 Å². The van der Waals surface area contributed by atoms with E-state index < -0.39 is 0 Å². The Bertz CT molecular complexity index is 574. The molecule has 0 saturated heterocycles. The van der Waals surface area contributed by atoms with Crippen molar-refractivity contribution < 1.29 is 4.79 Å². The first-order chi connectivity index (χ1) is 8.49. The summed E-state index contributed by atoms with van der Waals surface area (Å²) in [5.74, 6) is -0.199. The molecule has 1 unspecified atom stereocenters. The molecule has 0 saturated carbocycles. The van der Waals surface area contributed by atoms with Crippen LogP contribution in [0.4, 0.5) is 0 Å². The minimum atomic E-state index is -0.199. The van der Waals surface area contributed by atoms with Crippen molar-refractivity contribution in [2.45, 2.75) is 19.9 Å². The molecule has 2 aromatic heterocycles. The molecule has 18 heavy (non-hydrogen) atoms. The summed E-state index contributed by atoms with van der Waals surface area (Å²) in [6, 6.07) is -0.110. The molecule has 2 rings (SSSR count). The van der Waals surface area contributed by atoms with Gasteiger partial charge in [0.1, 0.15) is 5.69 Å². The summed E-state index contributed by atoms with van der Waals surface area (Å²) in [7, 11) is 1.86. The largest absolute Gasteiger partial charge is 0.344 e. The van der Waals surface area contributed by atoms with E-state index in [-0.39, 0.29) is 11.9 Å². The van der Waals surface area contributed by atoms with E-state index in [1.807, 2.05) is 27.1 Å². The van der Waals surface area contributed by atoms with Gasteiger partial charge >= 0.3 is 0 Å². The summed E-state index contributed by atoms with van der Waals surface area (Å²) < 4.78 is 2.38. The van der Waals surface area contributed by atoms with Crippen LogP contribution in [0.15, 0.2) is 16.9 Å². The van der Waals surface area contributed by atoms with Crippen LogP contribution in [0.25, 0.3) is 0 Å². The lowest BCUT2D eigenvalue weighted by molar-refractivity contribution is 0.0934. The van der Waals surface area contributed by atoms with Crippen molar-refractivity contribution in [2.75, 3.05) is 0 Å². The topological polar surface area (TPSA) is 75.6 Å². The lowest BCUT2D eigenvalue weighted by Gasteiger charge is -2.12. The Morgan fingerprint density at radius 2 is 2.33 bits per heavy atom. The maximum atomic E-state index is 12.0. The van der Waals surface area contributed by atoms with Crippen LogP contribution in [0.3, 0.4) is 0 Å². The van der Waals surface area contributed by atoms with E-state index in [1.165, 1.54) is 0 Å². The molecule has 2 aromatic rings. The zero-order valence-electron chi connectivity index (χ0n) is 10.4. The minimum absolute atomic E-state index is 0.110. The molecule has 0 fully saturated rings. The van der Waals surface area contributed by atoms with Crippen LogP contribution in [-0.2, 0) is 7.05 Å². The maximum Gasteiger partial charge on any atom is 0.270 e. The molecule has 0 bridgehead atoms. The molecule has 2 N–H and O–H groups in total. The number of aromatic nitrogens is 4. The van der Waals surface area contributed by atoms with Crippen LogP contribution in [0.5, 0.6) is 0 Å². The second-order valence-electron chi connectivity index (χ2n) is 4.13. The number of nitrogens with one attached hydrogen (secondary N) is 2. The van der Waals surface area contributed by atoms with Gasteiger partial charge < -0.3 is 5.32 Å². The Labute approximate surface area is 113 Å². The Morgan fingerprint density at radius 3 is 2.83 bits per heavy atom. The van der Waals surface area contributed by atoms with Gasteiger partial charge in [-0.05, 0) is 29.8 Å². The van der Waals surface area contributed by atoms with Crippen LogP contribution >= 0.6 is 15.9 Å². The van der Waals surface area contributed by atoms with E-state index >= 15 is 0 Å². The number of aromatic amines is 1.